The van der Waals surface area contributed by atoms with Crippen LogP contribution in [0.5, 0.6) is 0 Å². The molecular formula is C15H22N2O3S. The molecule has 6 heteroatoms. The highest BCUT2D eigenvalue weighted by Gasteiger charge is 2.28. The lowest BCUT2D eigenvalue weighted by atomic mass is 9.87. The van der Waals surface area contributed by atoms with Crippen molar-refractivity contribution in [3.8, 4) is 0 Å². The monoisotopic (exact) mass is 310 g/mol. The van der Waals surface area contributed by atoms with Crippen molar-refractivity contribution in [1.29, 1.82) is 0 Å². The Hall–Kier alpha value is -1.40. The lowest BCUT2D eigenvalue weighted by molar-refractivity contribution is -0.120. The predicted molar refractivity (Wildman–Crippen MR) is 81.5 cm³/mol. The van der Waals surface area contributed by atoms with Gasteiger partial charge in [-0.15, -0.1) is 0 Å². The second-order valence-electron chi connectivity index (χ2n) is 6.32. The average molecular weight is 310 g/mol. The van der Waals surface area contributed by atoms with Gasteiger partial charge in [0.05, 0.1) is 11.4 Å². The summed E-state index contributed by atoms with van der Waals surface area (Å²) in [4.78, 5) is 11.8. The van der Waals surface area contributed by atoms with Gasteiger partial charge >= 0.3 is 0 Å². The van der Waals surface area contributed by atoms with E-state index in [0.29, 0.717) is 19.5 Å². The van der Waals surface area contributed by atoms with Gasteiger partial charge in [0.15, 0.2) is 0 Å². The third kappa shape index (κ3) is 3.63. The number of nitrogens with zero attached hydrogens (tertiary/aromatic N) is 1. The zero-order valence-electron chi connectivity index (χ0n) is 12.7. The minimum absolute atomic E-state index is 0.0230. The molecule has 116 valence electrons. The minimum Gasteiger partial charge on any atom is -0.355 e. The van der Waals surface area contributed by atoms with Crippen LogP contribution in [0, 0.1) is 0 Å². The van der Waals surface area contributed by atoms with Crippen molar-refractivity contribution in [1.82, 2.24) is 9.62 Å². The van der Waals surface area contributed by atoms with Crippen LogP contribution in [0.1, 0.15) is 32.8 Å². The van der Waals surface area contributed by atoms with E-state index in [2.05, 4.69) is 26.1 Å². The minimum atomic E-state index is -3.61. The van der Waals surface area contributed by atoms with Crippen LogP contribution in [0.2, 0.25) is 0 Å². The van der Waals surface area contributed by atoms with Crippen molar-refractivity contribution < 1.29 is 13.2 Å². The number of carbonyl (C=O) groups is 1. The molecule has 0 unspecified atom stereocenters. The Balaban J connectivity index is 2.28. The molecule has 1 fully saturated rings. The number of carbonyl (C=O) groups excluding carboxylic acids is 1. The largest absolute Gasteiger partial charge is 0.355 e. The Kier molecular flexibility index (Phi) is 4.39. The fraction of sp³-hybridized carbons (Fsp3) is 0.533. The van der Waals surface area contributed by atoms with Gasteiger partial charge in [0.1, 0.15) is 0 Å². The summed E-state index contributed by atoms with van der Waals surface area (Å²) in [5.74, 6) is -0.248. The van der Waals surface area contributed by atoms with Crippen LogP contribution >= 0.6 is 0 Å². The van der Waals surface area contributed by atoms with Gasteiger partial charge in [0.25, 0.3) is 0 Å². The molecule has 0 saturated carbocycles. The second-order valence-corrected chi connectivity index (χ2v) is 8.25. The van der Waals surface area contributed by atoms with Crippen molar-refractivity contribution in [3.63, 3.8) is 0 Å². The molecule has 1 heterocycles. The van der Waals surface area contributed by atoms with Crippen LogP contribution in [-0.4, -0.2) is 38.3 Å². The number of benzene rings is 1. The first kappa shape index (κ1) is 16.0. The molecule has 0 atom stereocenters. The third-order valence-corrected chi connectivity index (χ3v) is 5.44. The lowest BCUT2D eigenvalue weighted by Crippen LogP contribution is -2.37. The summed E-state index contributed by atoms with van der Waals surface area (Å²) in [7, 11) is -3.61. The van der Waals surface area contributed by atoms with Crippen molar-refractivity contribution in [3.05, 3.63) is 29.8 Å². The molecule has 1 amide bonds. The molecule has 2 rings (SSSR count). The van der Waals surface area contributed by atoms with E-state index in [0.717, 1.165) is 5.56 Å². The van der Waals surface area contributed by atoms with E-state index in [4.69, 9.17) is 0 Å². The standard InChI is InChI=1S/C15H22N2O3S/c1-15(2,3)12-5-7-13(8-6-12)21(19,20)17-10-4-9-16-14(18)11-17/h5-8H,4,9-11H2,1-3H3,(H,16,18). The maximum Gasteiger partial charge on any atom is 0.243 e. The van der Waals surface area contributed by atoms with Crippen molar-refractivity contribution in [2.24, 2.45) is 0 Å². The van der Waals surface area contributed by atoms with Gasteiger partial charge in [0, 0.05) is 13.1 Å². The molecule has 1 aliphatic heterocycles. The van der Waals surface area contributed by atoms with Gasteiger partial charge in [-0.05, 0) is 29.5 Å². The molecule has 0 aliphatic carbocycles. The molecule has 1 aromatic rings. The summed E-state index contributed by atoms with van der Waals surface area (Å²) in [5, 5.41) is 2.68. The molecule has 21 heavy (non-hydrogen) atoms. The van der Waals surface area contributed by atoms with Crippen molar-refractivity contribution in [2.75, 3.05) is 19.6 Å². The van der Waals surface area contributed by atoms with E-state index in [1.807, 2.05) is 12.1 Å². The molecule has 0 radical (unpaired) electrons. The summed E-state index contributed by atoms with van der Waals surface area (Å²) >= 11 is 0. The summed E-state index contributed by atoms with van der Waals surface area (Å²) in [5.41, 5.74) is 1.06. The van der Waals surface area contributed by atoms with E-state index in [1.165, 1.54) is 4.31 Å². The molecule has 1 aliphatic rings. The molecule has 0 aromatic heterocycles. The zero-order valence-corrected chi connectivity index (χ0v) is 13.5. The maximum absolute atomic E-state index is 12.6. The van der Waals surface area contributed by atoms with Gasteiger partial charge in [-0.1, -0.05) is 32.9 Å². The van der Waals surface area contributed by atoms with Crippen LogP contribution in [0.4, 0.5) is 0 Å². The van der Waals surface area contributed by atoms with Gasteiger partial charge in [-0.3, -0.25) is 4.79 Å². The predicted octanol–water partition coefficient (Wildman–Crippen LogP) is 1.49. The van der Waals surface area contributed by atoms with E-state index < -0.39 is 10.0 Å². The van der Waals surface area contributed by atoms with E-state index in [-0.39, 0.29) is 22.8 Å². The topological polar surface area (TPSA) is 66.5 Å². The summed E-state index contributed by atoms with van der Waals surface area (Å²) in [6.45, 7) is 7.01. The highest BCUT2D eigenvalue weighted by molar-refractivity contribution is 7.89. The first-order valence-corrected chi connectivity index (χ1v) is 8.53. The van der Waals surface area contributed by atoms with E-state index >= 15 is 0 Å². The highest BCUT2D eigenvalue weighted by atomic mass is 32.2. The molecule has 1 N–H and O–H groups in total. The van der Waals surface area contributed by atoms with Gasteiger partial charge in [-0.2, -0.15) is 4.31 Å². The fourth-order valence-electron chi connectivity index (χ4n) is 2.26. The van der Waals surface area contributed by atoms with Crippen LogP contribution < -0.4 is 5.32 Å². The Bertz CT molecular complexity index is 615. The fourth-order valence-corrected chi connectivity index (χ4v) is 3.69. The van der Waals surface area contributed by atoms with Gasteiger partial charge in [0.2, 0.25) is 15.9 Å². The normalized spacial score (nSPS) is 18.1. The van der Waals surface area contributed by atoms with Crippen LogP contribution in [0.3, 0.4) is 0 Å². The van der Waals surface area contributed by atoms with Crippen molar-refractivity contribution in [2.45, 2.75) is 37.5 Å². The lowest BCUT2D eigenvalue weighted by Gasteiger charge is -2.21. The first-order chi connectivity index (χ1) is 9.71. The van der Waals surface area contributed by atoms with E-state index in [9.17, 15) is 13.2 Å². The number of amides is 1. The summed E-state index contributed by atoms with van der Waals surface area (Å²) in [6.07, 6.45) is 0.630. The molecule has 1 aromatic carbocycles. The number of sulfonamides is 1. The van der Waals surface area contributed by atoms with Gasteiger partial charge < -0.3 is 5.32 Å². The maximum atomic E-state index is 12.6. The smallest absolute Gasteiger partial charge is 0.243 e. The zero-order chi connectivity index (χ0) is 15.7. The van der Waals surface area contributed by atoms with Crippen LogP contribution in [0.25, 0.3) is 0 Å². The second kappa shape index (κ2) is 5.77. The number of hydrogen-bond acceptors (Lipinski definition) is 3. The molecule has 1 saturated heterocycles. The Morgan fingerprint density at radius 3 is 2.33 bits per heavy atom. The Labute approximate surface area is 126 Å². The summed E-state index contributed by atoms with van der Waals surface area (Å²) in [6, 6.07) is 6.92. The number of hydrogen-bond donors (Lipinski definition) is 1. The number of rotatable bonds is 2. The van der Waals surface area contributed by atoms with Gasteiger partial charge in [-0.25, -0.2) is 8.42 Å². The molecule has 0 bridgehead atoms. The van der Waals surface area contributed by atoms with Crippen molar-refractivity contribution >= 4 is 15.9 Å². The SMILES string of the molecule is CC(C)(C)c1ccc(S(=O)(=O)N2CCCNC(=O)C2)cc1. The molecular weight excluding hydrogens is 288 g/mol. The third-order valence-electron chi connectivity index (χ3n) is 3.58. The first-order valence-electron chi connectivity index (χ1n) is 7.09. The van der Waals surface area contributed by atoms with Crippen LogP contribution in [0.15, 0.2) is 29.2 Å². The summed E-state index contributed by atoms with van der Waals surface area (Å²) < 4.78 is 26.4. The molecule has 0 spiro atoms. The quantitative estimate of drug-likeness (QED) is 0.900. The Morgan fingerprint density at radius 2 is 1.76 bits per heavy atom. The highest BCUT2D eigenvalue weighted by Crippen LogP contribution is 2.24. The molecule has 5 nitrogen and oxygen atoms in total. The van der Waals surface area contributed by atoms with Crippen LogP contribution in [-0.2, 0) is 20.2 Å². The average Bonchev–Trinajstić information content (AvgIpc) is 2.63. The Morgan fingerprint density at radius 1 is 1.14 bits per heavy atom. The van der Waals surface area contributed by atoms with E-state index in [1.54, 1.807) is 12.1 Å². The number of nitrogens with one attached hydrogen (secondary N) is 1.